The van der Waals surface area contributed by atoms with Crippen LogP contribution in [0.25, 0.3) is 0 Å². The number of hydrogen-bond acceptors (Lipinski definition) is 4. The van der Waals surface area contributed by atoms with E-state index in [0.717, 1.165) is 23.8 Å². The summed E-state index contributed by atoms with van der Waals surface area (Å²) in [6.45, 7) is 5.89. The molecule has 18 heavy (non-hydrogen) atoms. The Kier molecular flexibility index (Phi) is 4.61. The molecule has 2 aromatic rings. The molecule has 0 amide bonds. The van der Waals surface area contributed by atoms with Crippen molar-refractivity contribution in [3.8, 4) is 0 Å². The summed E-state index contributed by atoms with van der Waals surface area (Å²) in [4.78, 5) is 0. The van der Waals surface area contributed by atoms with Gasteiger partial charge in [0.25, 0.3) is 0 Å². The molecule has 1 N–H and O–H groups in total. The smallest absolute Gasteiger partial charge is 0.129 e. The molecule has 0 aliphatic rings. The number of ether oxygens (including phenoxy) is 1. The van der Waals surface area contributed by atoms with E-state index in [1.807, 2.05) is 24.3 Å². The quantitative estimate of drug-likeness (QED) is 0.819. The minimum atomic E-state index is 0.453. The van der Waals surface area contributed by atoms with Gasteiger partial charge in [-0.2, -0.15) is 0 Å². The molecule has 0 saturated heterocycles. The SMILES string of the molecule is CC(C)NCc1ccc(COCc2ccco2)o1. The van der Waals surface area contributed by atoms with Crippen LogP contribution >= 0.6 is 0 Å². The summed E-state index contributed by atoms with van der Waals surface area (Å²) in [7, 11) is 0. The lowest BCUT2D eigenvalue weighted by Gasteiger charge is -2.05. The number of nitrogens with one attached hydrogen (secondary N) is 1. The third-order valence-electron chi connectivity index (χ3n) is 2.47. The molecule has 4 nitrogen and oxygen atoms in total. The molecule has 0 radical (unpaired) electrons. The van der Waals surface area contributed by atoms with Crippen molar-refractivity contribution >= 4 is 0 Å². The summed E-state index contributed by atoms with van der Waals surface area (Å²) in [5.41, 5.74) is 0. The molecule has 2 aromatic heterocycles. The first-order valence-corrected chi connectivity index (χ1v) is 6.15. The normalized spacial score (nSPS) is 11.3. The fourth-order valence-electron chi connectivity index (χ4n) is 1.55. The molecule has 0 spiro atoms. The van der Waals surface area contributed by atoms with E-state index < -0.39 is 0 Å². The van der Waals surface area contributed by atoms with Crippen molar-refractivity contribution in [2.24, 2.45) is 0 Å². The standard InChI is InChI=1S/C14H19NO3/c1-11(2)15-8-12-5-6-14(18-12)10-16-9-13-4-3-7-17-13/h3-7,11,15H,8-10H2,1-2H3. The first kappa shape index (κ1) is 12.9. The van der Waals surface area contributed by atoms with Gasteiger partial charge in [-0.1, -0.05) is 13.8 Å². The summed E-state index contributed by atoms with van der Waals surface area (Å²) in [6.07, 6.45) is 1.64. The number of furan rings is 2. The minimum absolute atomic E-state index is 0.453. The van der Waals surface area contributed by atoms with Crippen LogP contribution in [0, 0.1) is 0 Å². The van der Waals surface area contributed by atoms with Crippen molar-refractivity contribution < 1.29 is 13.6 Å². The zero-order valence-electron chi connectivity index (χ0n) is 10.8. The van der Waals surface area contributed by atoms with E-state index >= 15 is 0 Å². The highest BCUT2D eigenvalue weighted by molar-refractivity contribution is 5.06. The second-order valence-electron chi connectivity index (χ2n) is 4.48. The van der Waals surface area contributed by atoms with Crippen molar-refractivity contribution in [1.29, 1.82) is 0 Å². The van der Waals surface area contributed by atoms with E-state index in [9.17, 15) is 0 Å². The fraction of sp³-hybridized carbons (Fsp3) is 0.429. The number of rotatable bonds is 7. The van der Waals surface area contributed by atoms with Crippen LogP contribution in [0.2, 0.25) is 0 Å². The van der Waals surface area contributed by atoms with E-state index in [0.29, 0.717) is 19.3 Å². The van der Waals surface area contributed by atoms with Gasteiger partial charge in [0.15, 0.2) is 0 Å². The van der Waals surface area contributed by atoms with Crippen molar-refractivity contribution in [3.63, 3.8) is 0 Å². The van der Waals surface area contributed by atoms with Gasteiger partial charge in [-0.15, -0.1) is 0 Å². The largest absolute Gasteiger partial charge is 0.467 e. The summed E-state index contributed by atoms with van der Waals surface area (Å²) >= 11 is 0. The highest BCUT2D eigenvalue weighted by Crippen LogP contribution is 2.11. The second-order valence-corrected chi connectivity index (χ2v) is 4.48. The average molecular weight is 249 g/mol. The van der Waals surface area contributed by atoms with Gasteiger partial charge in [0.1, 0.15) is 30.5 Å². The molecule has 0 unspecified atom stereocenters. The zero-order valence-corrected chi connectivity index (χ0v) is 10.8. The van der Waals surface area contributed by atoms with Gasteiger partial charge < -0.3 is 18.9 Å². The maximum Gasteiger partial charge on any atom is 0.129 e. The Bertz CT molecular complexity index is 445. The maximum atomic E-state index is 5.64. The molecular formula is C14H19NO3. The average Bonchev–Trinajstić information content (AvgIpc) is 2.97. The van der Waals surface area contributed by atoms with Gasteiger partial charge in [0.05, 0.1) is 12.8 Å². The predicted octanol–water partition coefficient (Wildman–Crippen LogP) is 3.09. The number of hydrogen-bond donors (Lipinski definition) is 1. The van der Waals surface area contributed by atoms with Gasteiger partial charge in [0.2, 0.25) is 0 Å². The Morgan fingerprint density at radius 1 is 1.11 bits per heavy atom. The molecule has 0 aliphatic carbocycles. The Morgan fingerprint density at radius 3 is 2.61 bits per heavy atom. The summed E-state index contributed by atoms with van der Waals surface area (Å²) in [5, 5.41) is 3.30. The predicted molar refractivity (Wildman–Crippen MR) is 67.9 cm³/mol. The molecule has 0 aliphatic heterocycles. The van der Waals surface area contributed by atoms with Gasteiger partial charge in [-0.3, -0.25) is 0 Å². The lowest BCUT2D eigenvalue weighted by atomic mass is 10.3. The van der Waals surface area contributed by atoms with Crippen molar-refractivity contribution in [2.45, 2.75) is 39.6 Å². The van der Waals surface area contributed by atoms with E-state index in [1.54, 1.807) is 6.26 Å². The fourth-order valence-corrected chi connectivity index (χ4v) is 1.55. The van der Waals surface area contributed by atoms with Crippen LogP contribution in [0.4, 0.5) is 0 Å². The molecule has 0 saturated carbocycles. The Morgan fingerprint density at radius 2 is 1.89 bits per heavy atom. The second kappa shape index (κ2) is 6.42. The molecule has 4 heteroatoms. The van der Waals surface area contributed by atoms with Crippen LogP contribution in [-0.2, 0) is 24.5 Å². The van der Waals surface area contributed by atoms with E-state index in [2.05, 4.69) is 19.2 Å². The first-order chi connectivity index (χ1) is 8.74. The summed E-state index contributed by atoms with van der Waals surface area (Å²) in [6, 6.07) is 8.11. The lowest BCUT2D eigenvalue weighted by molar-refractivity contribution is 0.0795. The molecule has 0 fully saturated rings. The Hall–Kier alpha value is -1.52. The first-order valence-electron chi connectivity index (χ1n) is 6.15. The minimum Gasteiger partial charge on any atom is -0.467 e. The van der Waals surface area contributed by atoms with E-state index in [1.165, 1.54) is 0 Å². The molecule has 0 atom stereocenters. The third kappa shape index (κ3) is 4.05. The molecular weight excluding hydrogens is 230 g/mol. The maximum absolute atomic E-state index is 5.64. The van der Waals surface area contributed by atoms with Gasteiger partial charge in [-0.25, -0.2) is 0 Å². The Balaban J connectivity index is 1.73. The van der Waals surface area contributed by atoms with Gasteiger partial charge in [-0.05, 0) is 24.3 Å². The molecule has 98 valence electrons. The monoisotopic (exact) mass is 249 g/mol. The van der Waals surface area contributed by atoms with Crippen molar-refractivity contribution in [3.05, 3.63) is 47.8 Å². The van der Waals surface area contributed by atoms with Crippen LogP contribution in [0.15, 0.2) is 39.4 Å². The topological polar surface area (TPSA) is 47.5 Å². The van der Waals surface area contributed by atoms with Crippen LogP contribution < -0.4 is 5.32 Å². The van der Waals surface area contributed by atoms with E-state index in [4.69, 9.17) is 13.6 Å². The highest BCUT2D eigenvalue weighted by atomic mass is 16.5. The van der Waals surface area contributed by atoms with Crippen LogP contribution in [0.3, 0.4) is 0 Å². The lowest BCUT2D eigenvalue weighted by Crippen LogP contribution is -2.21. The van der Waals surface area contributed by atoms with Crippen molar-refractivity contribution in [1.82, 2.24) is 5.32 Å². The third-order valence-corrected chi connectivity index (χ3v) is 2.47. The summed E-state index contributed by atoms with van der Waals surface area (Å²) < 4.78 is 16.3. The van der Waals surface area contributed by atoms with Gasteiger partial charge in [0, 0.05) is 6.04 Å². The zero-order chi connectivity index (χ0) is 12.8. The molecule has 2 heterocycles. The van der Waals surface area contributed by atoms with Gasteiger partial charge >= 0.3 is 0 Å². The molecule has 0 bridgehead atoms. The van der Waals surface area contributed by atoms with Crippen LogP contribution in [0.1, 0.15) is 31.1 Å². The Labute approximate surface area is 107 Å². The van der Waals surface area contributed by atoms with Crippen molar-refractivity contribution in [2.75, 3.05) is 0 Å². The van der Waals surface area contributed by atoms with Crippen LogP contribution in [-0.4, -0.2) is 6.04 Å². The van der Waals surface area contributed by atoms with Crippen LogP contribution in [0.5, 0.6) is 0 Å². The highest BCUT2D eigenvalue weighted by Gasteiger charge is 2.03. The molecule has 0 aromatic carbocycles. The van der Waals surface area contributed by atoms with E-state index in [-0.39, 0.29) is 0 Å². The summed E-state index contributed by atoms with van der Waals surface area (Å²) in [5.74, 6) is 2.59. The molecule has 2 rings (SSSR count).